The van der Waals surface area contributed by atoms with Crippen LogP contribution in [0.1, 0.15) is 83.8 Å². The number of alkyl halides is 3. The number of rotatable bonds is 5. The standard InChI is InChI=1S/C20H17F3.C6H12.C4H8.CH3.V/c1-3-15(2)8-7-9-16-12-13-18(17-10-5-4-6-11-17)19(14-16)20(21,22)23;1-2-3-6-4-5-6;1-4-2-3-4;;/h4-6,10-15H,3H2,1-2H3;6H,2-5H2,1H3;4H,2-3H2,1H3;1H3;/q;;;-1;. The molecule has 0 aromatic heterocycles. The molecule has 0 aliphatic heterocycles. The van der Waals surface area contributed by atoms with Crippen molar-refractivity contribution in [2.45, 2.75) is 78.8 Å². The molecule has 0 radical (unpaired) electrons. The first kappa shape index (κ1) is 31.3. The molecule has 191 valence electrons. The molecule has 1 atom stereocenters. The Balaban J connectivity index is 0.000000457. The fourth-order valence-corrected chi connectivity index (χ4v) is 3.53. The van der Waals surface area contributed by atoms with E-state index in [2.05, 4.69) is 49.6 Å². The van der Waals surface area contributed by atoms with E-state index in [9.17, 15) is 13.2 Å². The third-order valence-corrected chi connectivity index (χ3v) is 6.95. The SMILES string of the molecule is CC1CC1.CCC(C)[C](=[V])C#Cc1ccc(-c2ccccc2)c(C(F)(F)F)c1.CCCC1CC1.[CH3-]. The molecule has 2 aromatic rings. The van der Waals surface area contributed by atoms with Gasteiger partial charge in [0.25, 0.3) is 0 Å². The van der Waals surface area contributed by atoms with Gasteiger partial charge >= 0.3 is 149 Å². The molecule has 0 N–H and O–H groups in total. The Morgan fingerprint density at radius 2 is 1.63 bits per heavy atom. The van der Waals surface area contributed by atoms with Gasteiger partial charge in [0.15, 0.2) is 0 Å². The number of hydrogen-bond donors (Lipinski definition) is 0. The van der Waals surface area contributed by atoms with E-state index in [-0.39, 0.29) is 13.0 Å². The zero-order valence-corrected chi connectivity index (χ0v) is 23.3. The summed E-state index contributed by atoms with van der Waals surface area (Å²) in [5.41, 5.74) is 0.431. The van der Waals surface area contributed by atoms with Gasteiger partial charge in [-0.3, -0.25) is 0 Å². The molecule has 0 heterocycles. The van der Waals surface area contributed by atoms with Gasteiger partial charge in [0.1, 0.15) is 0 Å². The van der Waals surface area contributed by atoms with Crippen molar-refractivity contribution in [2.75, 3.05) is 0 Å². The van der Waals surface area contributed by atoms with Crippen LogP contribution in [0.5, 0.6) is 0 Å². The third kappa shape index (κ3) is 12.2. The van der Waals surface area contributed by atoms with E-state index >= 15 is 0 Å². The van der Waals surface area contributed by atoms with Gasteiger partial charge in [-0.1, -0.05) is 52.4 Å². The van der Waals surface area contributed by atoms with Gasteiger partial charge in [-0.2, -0.15) is 0 Å². The average Bonchev–Trinajstić information content (AvgIpc) is 3.77. The summed E-state index contributed by atoms with van der Waals surface area (Å²) in [5, 5.41) is 0. The first-order chi connectivity index (χ1) is 16.2. The Kier molecular flexibility index (Phi) is 13.7. The molecule has 2 aliphatic rings. The summed E-state index contributed by atoms with van der Waals surface area (Å²) in [6, 6.07) is 12.9. The van der Waals surface area contributed by atoms with E-state index in [1.54, 1.807) is 36.4 Å². The van der Waals surface area contributed by atoms with Crippen molar-refractivity contribution in [1.29, 1.82) is 0 Å². The van der Waals surface area contributed by atoms with Gasteiger partial charge in [0.2, 0.25) is 0 Å². The largest absolute Gasteiger partial charge is 0.358 e. The molecule has 0 saturated heterocycles. The Hall–Kier alpha value is -1.76. The monoisotopic (exact) mass is 520 g/mol. The molecule has 1 unspecified atom stereocenters. The second-order valence-corrected chi connectivity index (χ2v) is 10.2. The Labute approximate surface area is 220 Å². The maximum atomic E-state index is 13.4. The number of halogens is 3. The minimum Gasteiger partial charge on any atom is -0.358 e. The number of benzene rings is 2. The predicted molar refractivity (Wildman–Crippen MR) is 141 cm³/mol. The fourth-order valence-electron chi connectivity index (χ4n) is 3.16. The van der Waals surface area contributed by atoms with E-state index in [0.717, 1.165) is 28.5 Å². The van der Waals surface area contributed by atoms with Crippen LogP contribution in [0, 0.1) is 37.0 Å². The average molecular weight is 521 g/mol. The van der Waals surface area contributed by atoms with Crippen LogP contribution >= 0.6 is 0 Å². The zero-order chi connectivity index (χ0) is 25.1. The van der Waals surface area contributed by atoms with Gasteiger partial charge in [0.05, 0.1) is 0 Å². The van der Waals surface area contributed by atoms with Crippen LogP contribution in [0.3, 0.4) is 0 Å². The molecule has 35 heavy (non-hydrogen) atoms. The summed E-state index contributed by atoms with van der Waals surface area (Å²) >= 11 is 2.41. The van der Waals surface area contributed by atoms with E-state index in [4.69, 9.17) is 0 Å². The van der Waals surface area contributed by atoms with E-state index in [1.165, 1.54) is 44.6 Å². The first-order valence-electron chi connectivity index (χ1n) is 12.5. The molecular weight excluding hydrogens is 480 g/mol. The maximum Gasteiger partial charge on any atom is -0.0414 e. The van der Waals surface area contributed by atoms with Crippen LogP contribution in [0.15, 0.2) is 48.5 Å². The summed E-state index contributed by atoms with van der Waals surface area (Å²) in [5.74, 6) is 8.35. The summed E-state index contributed by atoms with van der Waals surface area (Å²) in [6.07, 6.45) is 5.42. The van der Waals surface area contributed by atoms with Crippen molar-refractivity contribution in [3.63, 3.8) is 0 Å². The maximum absolute atomic E-state index is 13.4. The van der Waals surface area contributed by atoms with E-state index in [1.807, 2.05) is 6.92 Å². The van der Waals surface area contributed by atoms with Crippen LogP contribution in [-0.4, -0.2) is 4.23 Å². The molecule has 4 heteroatoms. The van der Waals surface area contributed by atoms with Gasteiger partial charge in [-0.05, 0) is 11.8 Å². The molecule has 0 bridgehead atoms. The molecule has 4 rings (SSSR count). The third-order valence-electron chi connectivity index (χ3n) is 6.08. The van der Waals surface area contributed by atoms with E-state index < -0.39 is 11.7 Å². The van der Waals surface area contributed by atoms with Gasteiger partial charge < -0.3 is 7.43 Å². The molecular formula is C31H40F3V-. The summed E-state index contributed by atoms with van der Waals surface area (Å²) in [7, 11) is 0. The molecule has 2 fully saturated rings. The van der Waals surface area contributed by atoms with Crippen LogP contribution in [0.2, 0.25) is 0 Å². The zero-order valence-electron chi connectivity index (χ0n) is 21.9. The molecule has 0 nitrogen and oxygen atoms in total. The van der Waals surface area contributed by atoms with Crippen molar-refractivity contribution in [1.82, 2.24) is 0 Å². The van der Waals surface area contributed by atoms with E-state index in [0.29, 0.717) is 17.0 Å². The minimum absolute atomic E-state index is 0. The normalized spacial score (nSPS) is 15.0. The molecule has 0 spiro atoms. The Morgan fingerprint density at radius 1 is 1.03 bits per heavy atom. The quantitative estimate of drug-likeness (QED) is 0.272. The summed E-state index contributed by atoms with van der Waals surface area (Å²) in [4.78, 5) is 0. The molecule has 0 amide bonds. The Morgan fingerprint density at radius 3 is 2.06 bits per heavy atom. The van der Waals surface area contributed by atoms with Crippen molar-refractivity contribution in [2.24, 2.45) is 17.8 Å². The topological polar surface area (TPSA) is 0 Å². The van der Waals surface area contributed by atoms with Crippen LogP contribution in [0.25, 0.3) is 11.1 Å². The molecule has 2 aromatic carbocycles. The second-order valence-electron chi connectivity index (χ2n) is 9.48. The van der Waals surface area contributed by atoms with Crippen LogP contribution in [-0.2, 0) is 23.2 Å². The molecule has 2 aliphatic carbocycles. The fraction of sp³-hybridized carbons (Fsp3) is 0.484. The van der Waals surface area contributed by atoms with Gasteiger partial charge in [-0.25, -0.2) is 0 Å². The summed E-state index contributed by atoms with van der Waals surface area (Å²) in [6.45, 7) is 8.64. The van der Waals surface area contributed by atoms with Crippen molar-refractivity contribution in [3.05, 3.63) is 67.1 Å². The minimum atomic E-state index is -4.42. The van der Waals surface area contributed by atoms with Crippen molar-refractivity contribution in [3.8, 4) is 23.0 Å². The van der Waals surface area contributed by atoms with Gasteiger partial charge in [0, 0.05) is 0 Å². The second kappa shape index (κ2) is 15.4. The van der Waals surface area contributed by atoms with Crippen LogP contribution < -0.4 is 0 Å². The molecule has 2 saturated carbocycles. The van der Waals surface area contributed by atoms with Crippen molar-refractivity contribution < 1.29 is 30.2 Å². The summed E-state index contributed by atoms with van der Waals surface area (Å²) < 4.78 is 41.2. The predicted octanol–water partition coefficient (Wildman–Crippen LogP) is 9.55. The van der Waals surface area contributed by atoms with Crippen molar-refractivity contribution >= 4 is 4.23 Å². The number of hydrogen-bond acceptors (Lipinski definition) is 0. The smallest absolute Gasteiger partial charge is 0.0414 e. The van der Waals surface area contributed by atoms with Gasteiger partial charge in [-0.15, -0.1) is 0 Å². The van der Waals surface area contributed by atoms with Crippen LogP contribution in [0.4, 0.5) is 13.2 Å². The Bertz CT molecular complexity index is 958. The first-order valence-corrected chi connectivity index (χ1v) is 13.2.